The summed E-state index contributed by atoms with van der Waals surface area (Å²) in [6.45, 7) is 4.48. The van der Waals surface area contributed by atoms with E-state index in [-0.39, 0.29) is 11.5 Å². The first-order chi connectivity index (χ1) is 20.1. The van der Waals surface area contributed by atoms with Crippen LogP contribution in [0.1, 0.15) is 92.9 Å². The van der Waals surface area contributed by atoms with Crippen molar-refractivity contribution in [1.29, 1.82) is 0 Å². The molecule has 2 N–H and O–H groups in total. The number of aliphatic hydroxyl groups is 1. The summed E-state index contributed by atoms with van der Waals surface area (Å²) in [5, 5.41) is 21.1. The van der Waals surface area contributed by atoms with Crippen molar-refractivity contribution in [3.63, 3.8) is 0 Å². The third kappa shape index (κ3) is 7.15. The Hall–Kier alpha value is -1.70. The van der Waals surface area contributed by atoms with Gasteiger partial charge in [-0.15, -0.1) is 0 Å². The van der Waals surface area contributed by atoms with Crippen molar-refractivity contribution >= 4 is 11.8 Å². The van der Waals surface area contributed by atoms with Gasteiger partial charge in [-0.25, -0.2) is 0 Å². The van der Waals surface area contributed by atoms with Crippen molar-refractivity contribution in [3.05, 3.63) is 64.7 Å². The van der Waals surface area contributed by atoms with Gasteiger partial charge in [0.15, 0.2) is 0 Å². The molecule has 0 aromatic heterocycles. The Morgan fingerprint density at radius 3 is 2.50 bits per heavy atom. The molecule has 2 aromatic rings. The molecule has 2 saturated carbocycles. The van der Waals surface area contributed by atoms with Crippen LogP contribution in [0.5, 0.6) is 5.75 Å². The molecule has 0 heterocycles. The zero-order valence-corrected chi connectivity index (χ0v) is 26.0. The van der Waals surface area contributed by atoms with E-state index in [0.29, 0.717) is 29.4 Å². The summed E-state index contributed by atoms with van der Waals surface area (Å²) in [5.41, 5.74) is 3.20. The zero-order valence-electron chi connectivity index (χ0n) is 25.2. The summed E-state index contributed by atoms with van der Waals surface area (Å²) >= 11 is 1.78. The van der Waals surface area contributed by atoms with Gasteiger partial charge in [0.05, 0.1) is 11.7 Å². The number of hydrogen-bond acceptors (Lipinski definition) is 4. The molecule has 2 aromatic carbocycles. The van der Waals surface area contributed by atoms with Crippen molar-refractivity contribution in [3.8, 4) is 5.75 Å². The maximum atomic E-state index is 12.7. The Balaban J connectivity index is 1.03. The fourth-order valence-electron chi connectivity index (χ4n) is 8.62. The predicted octanol–water partition coefficient (Wildman–Crippen LogP) is 8.67. The third-order valence-corrected chi connectivity index (χ3v) is 11.9. The number of fused-ring (bicyclic) bond motifs is 5. The topological polar surface area (TPSA) is 43.7 Å². The molecule has 6 atom stereocenters. The van der Waals surface area contributed by atoms with Crippen LogP contribution >= 0.6 is 11.8 Å². The Morgan fingerprint density at radius 2 is 1.74 bits per heavy atom. The van der Waals surface area contributed by atoms with Crippen LogP contribution in [0.4, 0.5) is 13.2 Å². The van der Waals surface area contributed by atoms with Gasteiger partial charge in [0.25, 0.3) is 0 Å². The summed E-state index contributed by atoms with van der Waals surface area (Å²) in [6.07, 6.45) is 6.88. The molecule has 5 rings (SSSR count). The highest BCUT2D eigenvalue weighted by Crippen LogP contribution is 2.63. The van der Waals surface area contributed by atoms with Crippen molar-refractivity contribution in [2.75, 3.05) is 25.9 Å². The molecule has 0 bridgehead atoms. The van der Waals surface area contributed by atoms with E-state index < -0.39 is 11.7 Å². The molecule has 42 heavy (non-hydrogen) atoms. The number of phenolic OH excluding ortho intramolecular Hbond substituents is 1. The number of nitrogens with zero attached hydrogens (tertiary/aromatic N) is 1. The maximum Gasteiger partial charge on any atom is 0.416 e. The molecule has 0 spiro atoms. The predicted molar refractivity (Wildman–Crippen MR) is 166 cm³/mol. The van der Waals surface area contributed by atoms with E-state index in [4.69, 9.17) is 0 Å². The minimum Gasteiger partial charge on any atom is -0.508 e. The molecular formula is C35H48F3NO2S. The van der Waals surface area contributed by atoms with Crippen LogP contribution in [0.25, 0.3) is 0 Å². The quantitative estimate of drug-likeness (QED) is 0.238. The van der Waals surface area contributed by atoms with Gasteiger partial charge in [0.1, 0.15) is 5.75 Å². The highest BCUT2D eigenvalue weighted by molar-refractivity contribution is 7.98. The van der Waals surface area contributed by atoms with Crippen LogP contribution in [-0.2, 0) is 18.3 Å². The highest BCUT2D eigenvalue weighted by atomic mass is 32.2. The van der Waals surface area contributed by atoms with Crippen LogP contribution in [0, 0.1) is 23.2 Å². The smallest absolute Gasteiger partial charge is 0.416 e. The number of aryl methyl sites for hydroxylation is 1. The molecule has 3 aliphatic carbocycles. The standard InChI is InChI=1S/C35H48F3NO2S/c1-34-22-26(33-29-15-13-28(40)21-25(29)10-14-30(33)31(34)16-17-32(34)41)7-4-3-5-18-39(2)19-6-20-42-23-24-8-11-27(12-9-24)35(36,37)38/h8-9,11-13,15,21,26,30-33,40-41H,3-7,10,14,16-20,22-23H2,1-2H3/t26-,30-,31-,32-,33+,34-/m0/s1. The van der Waals surface area contributed by atoms with Gasteiger partial charge in [-0.2, -0.15) is 24.9 Å². The number of aliphatic hydroxyl groups excluding tert-OH is 1. The molecule has 0 aliphatic heterocycles. The van der Waals surface area contributed by atoms with E-state index in [1.807, 2.05) is 12.1 Å². The Kier molecular flexibility index (Phi) is 10.2. The minimum atomic E-state index is -4.27. The fourth-order valence-corrected chi connectivity index (χ4v) is 9.53. The fraction of sp³-hybridized carbons (Fsp3) is 0.657. The molecule has 0 amide bonds. The lowest BCUT2D eigenvalue weighted by molar-refractivity contribution is -0.137. The number of unbranched alkanes of at least 4 members (excludes halogenated alkanes) is 2. The summed E-state index contributed by atoms with van der Waals surface area (Å²) in [7, 11) is 2.18. The molecule has 232 valence electrons. The van der Waals surface area contributed by atoms with Crippen LogP contribution in [-0.4, -0.2) is 47.1 Å². The van der Waals surface area contributed by atoms with Crippen molar-refractivity contribution in [2.45, 2.75) is 95.1 Å². The van der Waals surface area contributed by atoms with Gasteiger partial charge >= 0.3 is 6.18 Å². The summed E-state index contributed by atoms with van der Waals surface area (Å²) in [4.78, 5) is 2.40. The molecule has 3 aliphatic rings. The van der Waals surface area contributed by atoms with Gasteiger partial charge in [-0.3, -0.25) is 0 Å². The molecule has 0 unspecified atom stereocenters. The maximum absolute atomic E-state index is 12.7. The van der Waals surface area contributed by atoms with Crippen molar-refractivity contribution < 1.29 is 23.4 Å². The number of benzene rings is 2. The van der Waals surface area contributed by atoms with Gasteiger partial charge in [0, 0.05) is 5.75 Å². The van der Waals surface area contributed by atoms with Crippen LogP contribution in [0.15, 0.2) is 42.5 Å². The molecule has 3 nitrogen and oxygen atoms in total. The highest BCUT2D eigenvalue weighted by Gasteiger charge is 2.57. The van der Waals surface area contributed by atoms with Gasteiger partial charge in [-0.05, 0) is 147 Å². The Morgan fingerprint density at radius 1 is 0.976 bits per heavy atom. The zero-order chi connectivity index (χ0) is 29.9. The second kappa shape index (κ2) is 13.5. The molecule has 2 fully saturated rings. The first-order valence-electron chi connectivity index (χ1n) is 16.0. The lowest BCUT2D eigenvalue weighted by Gasteiger charge is -2.54. The van der Waals surface area contributed by atoms with E-state index in [1.165, 1.54) is 55.4 Å². The van der Waals surface area contributed by atoms with Gasteiger partial charge in [0.2, 0.25) is 0 Å². The number of phenols is 1. The number of aromatic hydroxyl groups is 1. The molecule has 0 radical (unpaired) electrons. The summed E-state index contributed by atoms with van der Waals surface area (Å²) in [6, 6.07) is 11.6. The number of thioether (sulfide) groups is 1. The minimum absolute atomic E-state index is 0.0466. The number of rotatable bonds is 12. The number of alkyl halides is 3. The SMILES string of the molecule is CN(CCCCC[C@H]1C[C@]2(C)[C@@H](O)CC[C@H]2[C@@H]2CCc3cc(O)ccc3[C@@H]12)CCCSCc1ccc(C(F)(F)F)cc1. The van der Waals surface area contributed by atoms with E-state index >= 15 is 0 Å². The molecule has 7 heteroatoms. The second-order valence-electron chi connectivity index (χ2n) is 13.5. The second-order valence-corrected chi connectivity index (χ2v) is 14.6. The van der Waals surface area contributed by atoms with E-state index in [1.54, 1.807) is 23.9 Å². The number of hydrogen-bond donors (Lipinski definition) is 2. The van der Waals surface area contributed by atoms with Crippen LogP contribution in [0.2, 0.25) is 0 Å². The van der Waals surface area contributed by atoms with Crippen LogP contribution in [0.3, 0.4) is 0 Å². The first kappa shape index (κ1) is 31.7. The largest absolute Gasteiger partial charge is 0.508 e. The van der Waals surface area contributed by atoms with Gasteiger partial charge < -0.3 is 15.1 Å². The average Bonchev–Trinajstić information content (AvgIpc) is 3.25. The van der Waals surface area contributed by atoms with Crippen LogP contribution < -0.4 is 0 Å². The van der Waals surface area contributed by atoms with E-state index in [9.17, 15) is 23.4 Å². The Bertz CT molecular complexity index is 1170. The van der Waals surface area contributed by atoms with E-state index in [2.05, 4.69) is 24.9 Å². The lowest BCUT2D eigenvalue weighted by atomic mass is 9.51. The lowest BCUT2D eigenvalue weighted by Crippen LogP contribution is -2.47. The van der Waals surface area contributed by atoms with Crippen molar-refractivity contribution in [1.82, 2.24) is 4.90 Å². The van der Waals surface area contributed by atoms with Crippen molar-refractivity contribution in [2.24, 2.45) is 23.2 Å². The third-order valence-electron chi connectivity index (χ3n) is 10.8. The average molecular weight is 604 g/mol. The molecular weight excluding hydrogens is 555 g/mol. The monoisotopic (exact) mass is 603 g/mol. The molecule has 0 saturated heterocycles. The van der Waals surface area contributed by atoms with Gasteiger partial charge in [-0.1, -0.05) is 38.0 Å². The normalized spacial score (nSPS) is 28.9. The number of halogens is 3. The summed E-state index contributed by atoms with van der Waals surface area (Å²) in [5.74, 6) is 4.52. The van der Waals surface area contributed by atoms with E-state index in [0.717, 1.165) is 62.3 Å². The Labute approximate surface area is 254 Å². The summed E-state index contributed by atoms with van der Waals surface area (Å²) < 4.78 is 38.2. The first-order valence-corrected chi connectivity index (χ1v) is 17.1.